The molecule has 0 radical (unpaired) electrons. The first-order valence-electron chi connectivity index (χ1n) is 5.19. The van der Waals surface area contributed by atoms with Gasteiger partial charge in [-0.05, 0) is 30.3 Å². The van der Waals surface area contributed by atoms with Crippen LogP contribution in [-0.2, 0) is 0 Å². The third-order valence-corrected chi connectivity index (χ3v) is 3.07. The van der Waals surface area contributed by atoms with Crippen molar-refractivity contribution in [1.82, 2.24) is 4.98 Å². The van der Waals surface area contributed by atoms with Crippen LogP contribution in [0, 0.1) is 0 Å². The average Bonchev–Trinajstić information content (AvgIpc) is 2.36. The molecule has 0 fully saturated rings. The molecule has 0 saturated heterocycles. The second-order valence-electron chi connectivity index (χ2n) is 3.69. The molecule has 0 amide bonds. The lowest BCUT2D eigenvalue weighted by atomic mass is 10.3. The summed E-state index contributed by atoms with van der Waals surface area (Å²) in [5, 5.41) is 12.6. The van der Waals surface area contributed by atoms with Gasteiger partial charge in [-0.25, -0.2) is 9.78 Å². The number of hydrogen-bond donors (Lipinski definition) is 3. The fourth-order valence-corrected chi connectivity index (χ4v) is 1.70. The van der Waals surface area contributed by atoms with Crippen LogP contribution >= 0.6 is 23.2 Å². The molecular weight excluding hydrogens is 289 g/mol. The molecule has 0 aliphatic heterocycles. The van der Waals surface area contributed by atoms with E-state index in [1.54, 1.807) is 18.2 Å². The van der Waals surface area contributed by atoms with E-state index in [0.29, 0.717) is 21.4 Å². The van der Waals surface area contributed by atoms with Crippen LogP contribution in [0.25, 0.3) is 0 Å². The van der Waals surface area contributed by atoms with Crippen molar-refractivity contribution in [3.63, 3.8) is 0 Å². The van der Waals surface area contributed by atoms with E-state index >= 15 is 0 Å². The standard InChI is InChI=1S/C12H9Cl2N3O2/c13-7-2-1-6(5-8(7)14)16-11-9(15)3-4-10(17-11)12(18)19/h1-5H,15H2,(H,16,17)(H,18,19). The molecule has 5 nitrogen and oxygen atoms in total. The molecular formula is C12H9Cl2N3O2. The SMILES string of the molecule is Nc1ccc(C(=O)O)nc1Nc1ccc(Cl)c(Cl)c1. The minimum absolute atomic E-state index is 0.100. The second kappa shape index (κ2) is 5.34. The maximum atomic E-state index is 10.8. The third-order valence-electron chi connectivity index (χ3n) is 2.33. The van der Waals surface area contributed by atoms with Crippen LogP contribution in [0.3, 0.4) is 0 Å². The number of nitrogens with two attached hydrogens (primary N) is 1. The van der Waals surface area contributed by atoms with Crippen LogP contribution < -0.4 is 11.1 Å². The number of hydrogen-bond acceptors (Lipinski definition) is 4. The zero-order chi connectivity index (χ0) is 14.0. The Balaban J connectivity index is 2.34. The number of rotatable bonds is 3. The molecule has 0 atom stereocenters. The van der Waals surface area contributed by atoms with E-state index in [-0.39, 0.29) is 11.5 Å². The summed E-state index contributed by atoms with van der Waals surface area (Å²) in [5.74, 6) is -0.879. The molecule has 0 saturated carbocycles. The molecule has 2 aromatic rings. The molecule has 98 valence electrons. The number of carbonyl (C=O) groups is 1. The van der Waals surface area contributed by atoms with E-state index < -0.39 is 5.97 Å². The Kier molecular flexibility index (Phi) is 3.78. The van der Waals surface area contributed by atoms with Gasteiger partial charge in [0.25, 0.3) is 0 Å². The van der Waals surface area contributed by atoms with Gasteiger partial charge in [0, 0.05) is 5.69 Å². The summed E-state index contributed by atoms with van der Waals surface area (Å²) >= 11 is 11.7. The minimum Gasteiger partial charge on any atom is -0.477 e. The highest BCUT2D eigenvalue weighted by Crippen LogP contribution is 2.28. The molecule has 4 N–H and O–H groups in total. The quantitative estimate of drug-likeness (QED) is 0.808. The fourth-order valence-electron chi connectivity index (χ4n) is 1.40. The van der Waals surface area contributed by atoms with Gasteiger partial charge in [-0.3, -0.25) is 0 Å². The van der Waals surface area contributed by atoms with Gasteiger partial charge in [-0.15, -0.1) is 0 Å². The number of nitrogens with one attached hydrogen (secondary N) is 1. The van der Waals surface area contributed by atoms with Crippen molar-refractivity contribution in [3.8, 4) is 0 Å². The van der Waals surface area contributed by atoms with E-state index in [1.807, 2.05) is 0 Å². The Labute approximate surface area is 119 Å². The number of benzene rings is 1. The van der Waals surface area contributed by atoms with Crippen molar-refractivity contribution in [2.75, 3.05) is 11.1 Å². The fraction of sp³-hybridized carbons (Fsp3) is 0. The number of carboxylic acids is 1. The van der Waals surface area contributed by atoms with Gasteiger partial charge in [0.05, 0.1) is 15.7 Å². The van der Waals surface area contributed by atoms with Gasteiger partial charge in [0.15, 0.2) is 11.5 Å². The molecule has 0 spiro atoms. The smallest absolute Gasteiger partial charge is 0.354 e. The number of carboxylic acid groups (broad SMARTS) is 1. The lowest BCUT2D eigenvalue weighted by molar-refractivity contribution is 0.0690. The van der Waals surface area contributed by atoms with Crippen molar-refractivity contribution in [1.29, 1.82) is 0 Å². The first-order chi connectivity index (χ1) is 8.97. The zero-order valence-electron chi connectivity index (χ0n) is 9.52. The minimum atomic E-state index is -1.13. The summed E-state index contributed by atoms with van der Waals surface area (Å²) in [6.45, 7) is 0. The number of halogens is 2. The number of aromatic nitrogens is 1. The van der Waals surface area contributed by atoms with Crippen molar-refractivity contribution < 1.29 is 9.90 Å². The molecule has 19 heavy (non-hydrogen) atoms. The van der Waals surface area contributed by atoms with Crippen LogP contribution in [0.4, 0.5) is 17.2 Å². The van der Waals surface area contributed by atoms with Gasteiger partial charge in [-0.2, -0.15) is 0 Å². The predicted molar refractivity (Wildman–Crippen MR) is 75.4 cm³/mol. The van der Waals surface area contributed by atoms with Gasteiger partial charge < -0.3 is 16.2 Å². The van der Waals surface area contributed by atoms with Crippen molar-refractivity contribution in [2.45, 2.75) is 0 Å². The molecule has 1 heterocycles. The lowest BCUT2D eigenvalue weighted by Crippen LogP contribution is -2.05. The maximum absolute atomic E-state index is 10.8. The first kappa shape index (κ1) is 13.5. The highest BCUT2D eigenvalue weighted by atomic mass is 35.5. The van der Waals surface area contributed by atoms with Crippen molar-refractivity contribution >= 4 is 46.4 Å². The van der Waals surface area contributed by atoms with Crippen LogP contribution in [0.2, 0.25) is 10.0 Å². The lowest BCUT2D eigenvalue weighted by Gasteiger charge is -2.09. The summed E-state index contributed by atoms with van der Waals surface area (Å²) in [4.78, 5) is 14.8. The van der Waals surface area contributed by atoms with Crippen molar-refractivity contribution in [3.05, 3.63) is 46.1 Å². The van der Waals surface area contributed by atoms with E-state index in [0.717, 1.165) is 0 Å². The van der Waals surface area contributed by atoms with Gasteiger partial charge in [0.1, 0.15) is 0 Å². The molecule has 1 aromatic carbocycles. The number of anilines is 3. The Hall–Kier alpha value is -1.98. The van der Waals surface area contributed by atoms with E-state index in [9.17, 15) is 4.79 Å². The Morgan fingerprint density at radius 3 is 2.58 bits per heavy atom. The Morgan fingerprint density at radius 2 is 1.95 bits per heavy atom. The number of nitrogens with zero attached hydrogens (tertiary/aromatic N) is 1. The summed E-state index contributed by atoms with van der Waals surface area (Å²) in [6, 6.07) is 7.69. The molecule has 0 bridgehead atoms. The largest absolute Gasteiger partial charge is 0.477 e. The van der Waals surface area contributed by atoms with Crippen LogP contribution in [0.1, 0.15) is 10.5 Å². The molecule has 0 unspecified atom stereocenters. The van der Waals surface area contributed by atoms with Gasteiger partial charge in [-0.1, -0.05) is 23.2 Å². The highest BCUT2D eigenvalue weighted by molar-refractivity contribution is 6.42. The molecule has 1 aromatic heterocycles. The summed E-state index contributed by atoms with van der Waals surface area (Å²) in [6.07, 6.45) is 0. The average molecular weight is 298 g/mol. The number of pyridine rings is 1. The molecule has 0 aliphatic rings. The normalized spacial score (nSPS) is 10.2. The van der Waals surface area contributed by atoms with Gasteiger partial charge in [0.2, 0.25) is 0 Å². The maximum Gasteiger partial charge on any atom is 0.354 e. The number of aromatic carboxylic acids is 1. The monoisotopic (exact) mass is 297 g/mol. The first-order valence-corrected chi connectivity index (χ1v) is 5.95. The third kappa shape index (κ3) is 3.07. The topological polar surface area (TPSA) is 88.2 Å². The van der Waals surface area contributed by atoms with Gasteiger partial charge >= 0.3 is 5.97 Å². The molecule has 2 rings (SSSR count). The molecule has 7 heteroatoms. The summed E-state index contributed by atoms with van der Waals surface area (Å²) in [7, 11) is 0. The zero-order valence-corrected chi connectivity index (χ0v) is 11.0. The van der Waals surface area contributed by atoms with Crippen molar-refractivity contribution in [2.24, 2.45) is 0 Å². The van der Waals surface area contributed by atoms with E-state index in [1.165, 1.54) is 12.1 Å². The van der Waals surface area contributed by atoms with Crippen LogP contribution in [0.15, 0.2) is 30.3 Å². The van der Waals surface area contributed by atoms with Crippen LogP contribution in [0.5, 0.6) is 0 Å². The summed E-state index contributed by atoms with van der Waals surface area (Å²) in [5.41, 5.74) is 6.57. The summed E-state index contributed by atoms with van der Waals surface area (Å²) < 4.78 is 0. The van der Waals surface area contributed by atoms with Crippen LogP contribution in [-0.4, -0.2) is 16.1 Å². The van der Waals surface area contributed by atoms with E-state index in [2.05, 4.69) is 10.3 Å². The predicted octanol–water partition coefficient (Wildman–Crippen LogP) is 3.41. The second-order valence-corrected chi connectivity index (χ2v) is 4.51. The number of nitrogen functional groups attached to an aromatic ring is 1. The Morgan fingerprint density at radius 1 is 1.21 bits per heavy atom. The van der Waals surface area contributed by atoms with E-state index in [4.69, 9.17) is 34.0 Å². The molecule has 0 aliphatic carbocycles. The highest BCUT2D eigenvalue weighted by Gasteiger charge is 2.09. The Bertz CT molecular complexity index is 647.